The Morgan fingerprint density at radius 3 is 2.62 bits per heavy atom. The van der Waals surface area contributed by atoms with Crippen molar-refractivity contribution in [3.05, 3.63) is 39.3 Å². The third-order valence-electron chi connectivity index (χ3n) is 2.25. The number of nitrogens with zero attached hydrogens (tertiary/aromatic N) is 3. The summed E-state index contributed by atoms with van der Waals surface area (Å²) in [6, 6.07) is 3.41. The van der Waals surface area contributed by atoms with Crippen molar-refractivity contribution in [2.24, 2.45) is 0 Å². The number of benzene rings is 1. The molecule has 0 radical (unpaired) electrons. The molecule has 0 bridgehead atoms. The molecule has 112 valence electrons. The molecule has 7 nitrogen and oxygen atoms in total. The van der Waals surface area contributed by atoms with Crippen LogP contribution < -0.4 is 5.32 Å². The summed E-state index contributed by atoms with van der Waals surface area (Å²) in [5, 5.41) is 9.50. The smallest absolute Gasteiger partial charge is 0.279 e. The van der Waals surface area contributed by atoms with Crippen molar-refractivity contribution >= 4 is 49.1 Å². The van der Waals surface area contributed by atoms with E-state index in [1.54, 1.807) is 0 Å². The lowest BCUT2D eigenvalue weighted by Gasteiger charge is -2.05. The van der Waals surface area contributed by atoms with Gasteiger partial charge in [-0.15, -0.1) is 10.2 Å². The molecule has 0 unspecified atom stereocenters. The van der Waals surface area contributed by atoms with Crippen molar-refractivity contribution in [3.63, 3.8) is 0 Å². The summed E-state index contributed by atoms with van der Waals surface area (Å²) in [6.07, 6.45) is 0.887. The van der Waals surface area contributed by atoms with Crippen LogP contribution in [0.4, 0.5) is 10.1 Å². The number of hydrogen-bond donors (Lipinski definition) is 1. The molecule has 2 rings (SSSR count). The van der Waals surface area contributed by atoms with Crippen LogP contribution in [0.15, 0.2) is 22.8 Å². The number of rotatable bonds is 3. The van der Waals surface area contributed by atoms with Crippen molar-refractivity contribution in [1.82, 2.24) is 14.4 Å². The summed E-state index contributed by atoms with van der Waals surface area (Å²) < 4.78 is 35.9. The first-order chi connectivity index (χ1) is 9.68. The zero-order valence-electron chi connectivity index (χ0n) is 10.3. The zero-order valence-corrected chi connectivity index (χ0v) is 13.5. The Morgan fingerprint density at radius 2 is 2.10 bits per heavy atom. The molecular formula is C10H7BrClFN4O3S. The highest BCUT2D eigenvalue weighted by Gasteiger charge is 2.21. The number of anilines is 1. The second-order valence-electron chi connectivity index (χ2n) is 3.90. The van der Waals surface area contributed by atoms with Crippen LogP contribution in [0.25, 0.3) is 0 Å². The number of hydrogen-bond acceptors (Lipinski definition) is 5. The molecule has 1 aromatic heterocycles. The molecule has 0 spiro atoms. The highest BCUT2D eigenvalue weighted by atomic mass is 79.9. The molecule has 1 aromatic carbocycles. The van der Waals surface area contributed by atoms with E-state index in [2.05, 4.69) is 31.4 Å². The van der Waals surface area contributed by atoms with Gasteiger partial charge in [0.25, 0.3) is 15.9 Å². The highest BCUT2D eigenvalue weighted by Crippen LogP contribution is 2.23. The molecule has 0 aliphatic heterocycles. The maximum absolute atomic E-state index is 12.9. The van der Waals surface area contributed by atoms with E-state index in [0.29, 0.717) is 4.20 Å². The van der Waals surface area contributed by atoms with Crippen molar-refractivity contribution in [1.29, 1.82) is 0 Å². The Hall–Kier alpha value is -1.52. The average Bonchev–Trinajstić information content (AvgIpc) is 2.75. The first-order valence-corrected chi connectivity index (χ1v) is 8.30. The lowest BCUT2D eigenvalue weighted by atomic mass is 10.3. The van der Waals surface area contributed by atoms with Crippen LogP contribution in [0.5, 0.6) is 0 Å². The van der Waals surface area contributed by atoms with Gasteiger partial charge in [-0.2, -0.15) is 0 Å². The molecule has 21 heavy (non-hydrogen) atoms. The maximum Gasteiger partial charge on any atom is 0.279 e. The molecule has 0 saturated heterocycles. The quantitative estimate of drug-likeness (QED) is 0.853. The molecule has 1 heterocycles. The first-order valence-electron chi connectivity index (χ1n) is 5.28. The van der Waals surface area contributed by atoms with Crippen molar-refractivity contribution in [2.45, 2.75) is 0 Å². The lowest BCUT2D eigenvalue weighted by Crippen LogP contribution is -2.17. The van der Waals surface area contributed by atoms with Crippen LogP contribution >= 0.6 is 27.5 Å². The Kier molecular flexibility index (Phi) is 4.30. The minimum atomic E-state index is -3.72. The minimum absolute atomic E-state index is 0.00465. The molecule has 1 amide bonds. The number of aromatic nitrogens is 3. The van der Waals surface area contributed by atoms with Gasteiger partial charge in [-0.05, 0) is 34.1 Å². The SMILES string of the molecule is CS(=O)(=O)n1nc(Br)c(C(=O)Nc2ccc(F)cc2Cl)n1. The Morgan fingerprint density at radius 1 is 1.43 bits per heavy atom. The molecular weight excluding hydrogens is 391 g/mol. The van der Waals surface area contributed by atoms with E-state index in [1.165, 1.54) is 6.07 Å². The summed E-state index contributed by atoms with van der Waals surface area (Å²) in [5.41, 5.74) is -0.0929. The van der Waals surface area contributed by atoms with E-state index < -0.39 is 21.7 Å². The Balaban J connectivity index is 2.31. The van der Waals surface area contributed by atoms with E-state index >= 15 is 0 Å². The highest BCUT2D eigenvalue weighted by molar-refractivity contribution is 9.10. The number of carbonyl (C=O) groups excluding carboxylic acids is 1. The van der Waals surface area contributed by atoms with Gasteiger partial charge in [-0.1, -0.05) is 15.8 Å². The van der Waals surface area contributed by atoms with Gasteiger partial charge in [0.15, 0.2) is 10.3 Å². The van der Waals surface area contributed by atoms with E-state index in [0.717, 1.165) is 18.4 Å². The molecule has 11 heteroatoms. The number of halogens is 3. The summed E-state index contributed by atoms with van der Waals surface area (Å²) in [6.45, 7) is 0. The van der Waals surface area contributed by atoms with Crippen molar-refractivity contribution in [2.75, 3.05) is 11.6 Å². The minimum Gasteiger partial charge on any atom is -0.319 e. The van der Waals surface area contributed by atoms with Gasteiger partial charge in [0.1, 0.15) is 5.82 Å². The third-order valence-corrected chi connectivity index (χ3v) is 3.85. The normalized spacial score (nSPS) is 11.4. The molecule has 0 aliphatic rings. The lowest BCUT2D eigenvalue weighted by molar-refractivity contribution is 0.102. The average molecular weight is 398 g/mol. The fraction of sp³-hybridized carbons (Fsp3) is 0.100. The van der Waals surface area contributed by atoms with Crippen LogP contribution in [0, 0.1) is 5.82 Å². The maximum atomic E-state index is 12.9. The predicted molar refractivity (Wildman–Crippen MR) is 77.3 cm³/mol. The second kappa shape index (κ2) is 5.70. The number of nitrogens with one attached hydrogen (secondary N) is 1. The fourth-order valence-electron chi connectivity index (χ4n) is 1.33. The monoisotopic (exact) mass is 396 g/mol. The van der Waals surface area contributed by atoms with Gasteiger partial charge in [0.05, 0.1) is 17.0 Å². The molecule has 0 saturated carbocycles. The van der Waals surface area contributed by atoms with Gasteiger partial charge in [0, 0.05) is 0 Å². The second-order valence-corrected chi connectivity index (χ2v) is 6.85. The molecule has 0 aliphatic carbocycles. The van der Waals surface area contributed by atoms with E-state index in [-0.39, 0.29) is 21.0 Å². The zero-order chi connectivity index (χ0) is 15.8. The fourth-order valence-corrected chi connectivity index (χ4v) is 2.52. The molecule has 1 N–H and O–H groups in total. The molecule has 2 aromatic rings. The standard InChI is InChI=1S/C10H7BrClFN4O3S/c1-21(19,20)17-15-8(9(11)16-17)10(18)14-7-3-2-5(13)4-6(7)12/h2-4H,1H3,(H,14,18). The van der Waals surface area contributed by atoms with Gasteiger partial charge in [0.2, 0.25) is 0 Å². The molecule has 0 fully saturated rings. The summed E-state index contributed by atoms with van der Waals surface area (Å²) in [7, 11) is -3.72. The molecule has 0 atom stereocenters. The van der Waals surface area contributed by atoms with Crippen LogP contribution in [-0.2, 0) is 10.0 Å². The first kappa shape index (κ1) is 15.9. The van der Waals surface area contributed by atoms with E-state index in [9.17, 15) is 17.6 Å². The van der Waals surface area contributed by atoms with Gasteiger partial charge >= 0.3 is 0 Å². The Bertz CT molecular complexity index is 824. The third kappa shape index (κ3) is 3.57. The van der Waals surface area contributed by atoms with Crippen LogP contribution in [-0.4, -0.2) is 35.0 Å². The Labute approximate surface area is 132 Å². The van der Waals surface area contributed by atoms with Crippen molar-refractivity contribution < 1.29 is 17.6 Å². The largest absolute Gasteiger partial charge is 0.319 e. The van der Waals surface area contributed by atoms with Crippen LogP contribution in [0.1, 0.15) is 10.5 Å². The van der Waals surface area contributed by atoms with Crippen LogP contribution in [0.3, 0.4) is 0 Å². The van der Waals surface area contributed by atoms with E-state index in [4.69, 9.17) is 11.6 Å². The van der Waals surface area contributed by atoms with Crippen LogP contribution in [0.2, 0.25) is 5.02 Å². The van der Waals surface area contributed by atoms with Gasteiger partial charge in [-0.3, -0.25) is 4.79 Å². The summed E-state index contributed by atoms with van der Waals surface area (Å²) in [4.78, 5) is 12.0. The number of carbonyl (C=O) groups is 1. The van der Waals surface area contributed by atoms with Crippen molar-refractivity contribution in [3.8, 4) is 0 Å². The van der Waals surface area contributed by atoms with Gasteiger partial charge in [-0.25, -0.2) is 12.8 Å². The van der Waals surface area contributed by atoms with E-state index in [1.807, 2.05) is 0 Å². The van der Waals surface area contributed by atoms with Gasteiger partial charge < -0.3 is 5.32 Å². The topological polar surface area (TPSA) is 94.0 Å². The predicted octanol–water partition coefficient (Wildman–Crippen LogP) is 1.89. The number of amides is 1. The summed E-state index contributed by atoms with van der Waals surface area (Å²) in [5.74, 6) is -1.30. The summed E-state index contributed by atoms with van der Waals surface area (Å²) >= 11 is 8.72.